The van der Waals surface area contributed by atoms with Gasteiger partial charge in [-0.2, -0.15) is 4.98 Å². The van der Waals surface area contributed by atoms with E-state index in [1.807, 2.05) is 24.3 Å². The van der Waals surface area contributed by atoms with Crippen molar-refractivity contribution in [1.29, 1.82) is 0 Å². The first kappa shape index (κ1) is 17.7. The van der Waals surface area contributed by atoms with Crippen LogP contribution in [0.3, 0.4) is 0 Å². The molecule has 1 aromatic carbocycles. The Labute approximate surface area is 160 Å². The molecule has 1 saturated heterocycles. The number of anilines is 2. The van der Waals surface area contributed by atoms with E-state index in [0.717, 1.165) is 43.2 Å². The predicted octanol–water partition coefficient (Wildman–Crippen LogP) is 2.80. The number of benzene rings is 1. The Kier molecular flexibility index (Phi) is 4.89. The van der Waals surface area contributed by atoms with Gasteiger partial charge < -0.3 is 15.2 Å². The van der Waals surface area contributed by atoms with Gasteiger partial charge in [0.1, 0.15) is 4.70 Å². The fourth-order valence-electron chi connectivity index (χ4n) is 3.29. The van der Waals surface area contributed by atoms with Crippen molar-refractivity contribution in [3.8, 4) is 0 Å². The van der Waals surface area contributed by atoms with Crippen molar-refractivity contribution in [3.05, 3.63) is 46.5 Å². The molecular weight excluding hydrogens is 362 g/mol. The summed E-state index contributed by atoms with van der Waals surface area (Å²) in [5.41, 5.74) is 2.42. The number of aromatic nitrogens is 3. The number of hydrogen-bond donors (Lipinski definition) is 2. The standard InChI is InChI=1S/C19H21N5O2S/c1-2-12-3-5-14(6-4-12)22-17(25)13-7-9-24(10-8-13)19-23-16-15(27-19)18(26)21-11-20-16/h3-6,11,13H,2,7-10H2,1H3,(H,22,25)(H,20,21,26). The molecule has 0 atom stereocenters. The Hall–Kier alpha value is -2.74. The van der Waals surface area contributed by atoms with Crippen LogP contribution in [0, 0.1) is 5.92 Å². The minimum absolute atomic E-state index is 0.0111. The Balaban J connectivity index is 1.38. The monoisotopic (exact) mass is 383 g/mol. The number of rotatable bonds is 4. The van der Waals surface area contributed by atoms with E-state index in [2.05, 4.69) is 32.1 Å². The number of H-pyrrole nitrogens is 1. The lowest BCUT2D eigenvalue weighted by molar-refractivity contribution is -0.120. The van der Waals surface area contributed by atoms with Gasteiger partial charge in [0, 0.05) is 24.7 Å². The summed E-state index contributed by atoms with van der Waals surface area (Å²) in [6, 6.07) is 8.00. The quantitative estimate of drug-likeness (QED) is 0.723. The lowest BCUT2D eigenvalue weighted by Gasteiger charge is -2.30. The van der Waals surface area contributed by atoms with Crippen LogP contribution in [0.15, 0.2) is 35.4 Å². The van der Waals surface area contributed by atoms with Crippen molar-refractivity contribution in [3.63, 3.8) is 0 Å². The second-order valence-corrected chi connectivity index (χ2v) is 7.66. The van der Waals surface area contributed by atoms with E-state index in [1.165, 1.54) is 23.2 Å². The maximum Gasteiger partial charge on any atom is 0.270 e. The molecule has 4 rings (SSSR count). The van der Waals surface area contributed by atoms with Crippen LogP contribution in [-0.4, -0.2) is 33.9 Å². The number of nitrogens with one attached hydrogen (secondary N) is 2. The number of aryl methyl sites for hydroxylation is 1. The van der Waals surface area contributed by atoms with Crippen LogP contribution in [-0.2, 0) is 11.2 Å². The number of carbonyl (C=O) groups excluding carboxylic acids is 1. The highest BCUT2D eigenvalue weighted by Crippen LogP contribution is 2.29. The highest BCUT2D eigenvalue weighted by atomic mass is 32.1. The van der Waals surface area contributed by atoms with Gasteiger partial charge in [0.05, 0.1) is 6.33 Å². The number of piperidine rings is 1. The van der Waals surface area contributed by atoms with E-state index >= 15 is 0 Å². The van der Waals surface area contributed by atoms with Gasteiger partial charge in [0.25, 0.3) is 5.56 Å². The van der Waals surface area contributed by atoms with Gasteiger partial charge in [-0.25, -0.2) is 4.98 Å². The fraction of sp³-hybridized carbons (Fsp3) is 0.368. The summed E-state index contributed by atoms with van der Waals surface area (Å²) < 4.78 is 0.544. The molecule has 0 bridgehead atoms. The van der Waals surface area contributed by atoms with Gasteiger partial charge >= 0.3 is 0 Å². The zero-order chi connectivity index (χ0) is 18.8. The number of thiazole rings is 1. The van der Waals surface area contributed by atoms with E-state index in [0.29, 0.717) is 10.3 Å². The molecule has 0 spiro atoms. The van der Waals surface area contributed by atoms with Gasteiger partial charge in [0.2, 0.25) is 5.91 Å². The summed E-state index contributed by atoms with van der Waals surface area (Å²) in [5, 5.41) is 3.82. The van der Waals surface area contributed by atoms with Crippen molar-refractivity contribution < 1.29 is 4.79 Å². The number of fused-ring (bicyclic) bond motifs is 1. The summed E-state index contributed by atoms with van der Waals surface area (Å²) in [6.07, 6.45) is 3.88. The van der Waals surface area contributed by atoms with Gasteiger partial charge in [-0.15, -0.1) is 0 Å². The summed E-state index contributed by atoms with van der Waals surface area (Å²) in [5.74, 6) is 0.0596. The third-order valence-corrected chi connectivity index (χ3v) is 6.06. The van der Waals surface area contributed by atoms with Crippen molar-refractivity contribution in [1.82, 2.24) is 15.0 Å². The van der Waals surface area contributed by atoms with Gasteiger partial charge in [0.15, 0.2) is 10.8 Å². The van der Waals surface area contributed by atoms with E-state index in [1.54, 1.807) is 0 Å². The third-order valence-electron chi connectivity index (χ3n) is 4.95. The number of nitrogens with zero attached hydrogens (tertiary/aromatic N) is 3. The fourth-order valence-corrected chi connectivity index (χ4v) is 4.26. The maximum absolute atomic E-state index is 12.6. The minimum atomic E-state index is -0.160. The first-order valence-corrected chi connectivity index (χ1v) is 9.94. The summed E-state index contributed by atoms with van der Waals surface area (Å²) >= 11 is 1.35. The van der Waals surface area contributed by atoms with Crippen molar-refractivity contribution in [2.24, 2.45) is 5.92 Å². The number of aromatic amines is 1. The Morgan fingerprint density at radius 3 is 2.70 bits per heavy atom. The van der Waals surface area contributed by atoms with Gasteiger partial charge in [-0.05, 0) is 37.0 Å². The van der Waals surface area contributed by atoms with E-state index in [-0.39, 0.29) is 17.4 Å². The topological polar surface area (TPSA) is 91.0 Å². The lowest BCUT2D eigenvalue weighted by atomic mass is 9.96. The van der Waals surface area contributed by atoms with Gasteiger partial charge in [-0.3, -0.25) is 9.59 Å². The SMILES string of the molecule is CCc1ccc(NC(=O)C2CCN(c3nc4nc[nH]c(=O)c4s3)CC2)cc1. The normalized spacial score (nSPS) is 15.2. The molecule has 7 nitrogen and oxygen atoms in total. The van der Waals surface area contributed by atoms with Crippen molar-refractivity contribution in [2.75, 3.05) is 23.3 Å². The number of carbonyl (C=O) groups is 1. The van der Waals surface area contributed by atoms with Crippen LogP contribution >= 0.6 is 11.3 Å². The Morgan fingerprint density at radius 2 is 2.04 bits per heavy atom. The molecule has 0 aliphatic carbocycles. The molecular formula is C19H21N5O2S. The molecule has 3 heterocycles. The second-order valence-electron chi connectivity index (χ2n) is 6.68. The first-order valence-electron chi connectivity index (χ1n) is 9.13. The highest BCUT2D eigenvalue weighted by Gasteiger charge is 2.27. The average Bonchev–Trinajstić information content (AvgIpc) is 3.14. The average molecular weight is 383 g/mol. The van der Waals surface area contributed by atoms with Crippen molar-refractivity contribution in [2.45, 2.75) is 26.2 Å². The molecule has 3 aromatic rings. The van der Waals surface area contributed by atoms with Crippen LogP contribution in [0.25, 0.3) is 10.3 Å². The molecule has 0 unspecified atom stereocenters. The number of amides is 1. The number of hydrogen-bond acceptors (Lipinski definition) is 6. The van der Waals surface area contributed by atoms with Crippen LogP contribution in [0.4, 0.5) is 10.8 Å². The third kappa shape index (κ3) is 3.71. The second kappa shape index (κ2) is 7.48. The molecule has 27 heavy (non-hydrogen) atoms. The zero-order valence-electron chi connectivity index (χ0n) is 15.1. The smallest absolute Gasteiger partial charge is 0.270 e. The van der Waals surface area contributed by atoms with Gasteiger partial charge in [-0.1, -0.05) is 30.4 Å². The van der Waals surface area contributed by atoms with E-state index < -0.39 is 0 Å². The molecule has 140 valence electrons. The molecule has 2 N–H and O–H groups in total. The van der Waals surface area contributed by atoms with E-state index in [4.69, 9.17) is 0 Å². The predicted molar refractivity (Wildman–Crippen MR) is 107 cm³/mol. The molecule has 1 aliphatic rings. The van der Waals surface area contributed by atoms with Crippen LogP contribution in [0.2, 0.25) is 0 Å². The summed E-state index contributed by atoms with van der Waals surface area (Å²) in [6.45, 7) is 3.59. The highest BCUT2D eigenvalue weighted by molar-refractivity contribution is 7.22. The summed E-state index contributed by atoms with van der Waals surface area (Å²) in [4.78, 5) is 37.7. The van der Waals surface area contributed by atoms with Crippen LogP contribution in [0.1, 0.15) is 25.3 Å². The minimum Gasteiger partial charge on any atom is -0.348 e. The summed E-state index contributed by atoms with van der Waals surface area (Å²) in [7, 11) is 0. The molecule has 1 aliphatic heterocycles. The molecule has 0 radical (unpaired) electrons. The van der Waals surface area contributed by atoms with Crippen LogP contribution in [0.5, 0.6) is 0 Å². The molecule has 1 amide bonds. The zero-order valence-corrected chi connectivity index (χ0v) is 15.9. The largest absolute Gasteiger partial charge is 0.348 e. The Bertz CT molecular complexity index is 1000. The van der Waals surface area contributed by atoms with E-state index in [9.17, 15) is 9.59 Å². The molecule has 0 saturated carbocycles. The molecule has 8 heteroatoms. The Morgan fingerprint density at radius 1 is 1.30 bits per heavy atom. The molecule has 1 fully saturated rings. The van der Waals surface area contributed by atoms with Crippen molar-refractivity contribution >= 4 is 38.4 Å². The van der Waals surface area contributed by atoms with Crippen LogP contribution < -0.4 is 15.8 Å². The lowest BCUT2D eigenvalue weighted by Crippen LogP contribution is -2.38. The first-order chi connectivity index (χ1) is 13.1. The maximum atomic E-state index is 12.6. The molecule has 2 aromatic heterocycles.